The standard InChI is InChI=1S/C20H15ClF4N4O7S/c1-8-13(20(23,24)25)27-19(32)29(17(8)31)15-10(22)7-9(21)16(28-15)35-11-5-3-4-6-12(11)36-18(14(26)30)37(2,33)34/h3-7,18H,1-2H3,(H2,26,30)(H,27,32). The minimum atomic E-state index is -5.07. The molecule has 0 aliphatic heterocycles. The topological polar surface area (TPSA) is 163 Å². The third-order valence-electron chi connectivity index (χ3n) is 4.62. The van der Waals surface area contributed by atoms with Gasteiger partial charge in [0, 0.05) is 17.9 Å². The van der Waals surface area contributed by atoms with Gasteiger partial charge in [-0.15, -0.1) is 0 Å². The Kier molecular flexibility index (Phi) is 7.37. The van der Waals surface area contributed by atoms with Gasteiger partial charge in [-0.3, -0.25) is 9.59 Å². The third-order valence-corrected chi connectivity index (χ3v) is 6.00. The number of nitrogens with one attached hydrogen (secondary N) is 1. The van der Waals surface area contributed by atoms with E-state index in [0.717, 1.165) is 6.92 Å². The van der Waals surface area contributed by atoms with Gasteiger partial charge in [0.25, 0.3) is 16.9 Å². The average molecular weight is 567 g/mol. The van der Waals surface area contributed by atoms with Crippen molar-refractivity contribution in [2.75, 3.05) is 6.26 Å². The molecule has 0 spiro atoms. The number of nitrogens with zero attached hydrogens (tertiary/aromatic N) is 2. The lowest BCUT2D eigenvalue weighted by Gasteiger charge is -2.17. The first kappa shape index (κ1) is 27.7. The monoisotopic (exact) mass is 566 g/mol. The Labute approximate surface area is 209 Å². The molecule has 3 N–H and O–H groups in total. The highest BCUT2D eigenvalue weighted by Crippen LogP contribution is 2.36. The van der Waals surface area contributed by atoms with E-state index in [4.69, 9.17) is 26.8 Å². The van der Waals surface area contributed by atoms with Gasteiger partial charge in [-0.25, -0.2) is 22.2 Å². The van der Waals surface area contributed by atoms with Crippen molar-refractivity contribution in [1.82, 2.24) is 14.5 Å². The molecule has 2 aromatic heterocycles. The van der Waals surface area contributed by atoms with Gasteiger partial charge in [-0.05, 0) is 19.1 Å². The lowest BCUT2D eigenvalue weighted by Crippen LogP contribution is -2.40. The van der Waals surface area contributed by atoms with Gasteiger partial charge in [-0.1, -0.05) is 23.7 Å². The van der Waals surface area contributed by atoms with E-state index in [0.29, 0.717) is 12.3 Å². The molecule has 0 aliphatic carbocycles. The normalized spacial score (nSPS) is 12.7. The first-order chi connectivity index (χ1) is 17.0. The Bertz CT molecular complexity index is 1620. The lowest BCUT2D eigenvalue weighted by atomic mass is 10.2. The summed E-state index contributed by atoms with van der Waals surface area (Å²) in [6.45, 7) is 0.771. The molecule has 17 heteroatoms. The number of carbonyl (C=O) groups excluding carboxylic acids is 1. The van der Waals surface area contributed by atoms with Crippen LogP contribution in [0.4, 0.5) is 17.6 Å². The molecule has 0 saturated heterocycles. The predicted octanol–water partition coefficient (Wildman–Crippen LogP) is 2.07. The van der Waals surface area contributed by atoms with Crippen LogP contribution in [0.3, 0.4) is 0 Å². The summed E-state index contributed by atoms with van der Waals surface area (Å²) in [5.74, 6) is -5.07. The Hall–Kier alpha value is -3.92. The Balaban J connectivity index is 2.13. The van der Waals surface area contributed by atoms with E-state index in [1.165, 1.54) is 29.2 Å². The molecule has 0 saturated carbocycles. The van der Waals surface area contributed by atoms with Crippen molar-refractivity contribution < 1.29 is 40.2 Å². The highest BCUT2D eigenvalue weighted by Gasteiger charge is 2.36. The summed E-state index contributed by atoms with van der Waals surface area (Å²) in [6.07, 6.45) is -4.38. The van der Waals surface area contributed by atoms with Gasteiger partial charge in [0.05, 0.1) is 0 Å². The molecule has 2 heterocycles. The number of hydrogen-bond acceptors (Lipinski definition) is 8. The van der Waals surface area contributed by atoms with Gasteiger partial charge in [0.1, 0.15) is 10.7 Å². The van der Waals surface area contributed by atoms with E-state index >= 15 is 0 Å². The van der Waals surface area contributed by atoms with Crippen LogP contribution in [0.15, 0.2) is 39.9 Å². The Morgan fingerprint density at radius 3 is 2.35 bits per heavy atom. The molecule has 198 valence electrons. The number of para-hydroxylation sites is 2. The fraction of sp³-hybridized carbons (Fsp3) is 0.200. The minimum Gasteiger partial charge on any atom is -0.461 e. The molecule has 0 bridgehead atoms. The summed E-state index contributed by atoms with van der Waals surface area (Å²) in [7, 11) is -4.14. The number of benzene rings is 1. The van der Waals surface area contributed by atoms with Gasteiger partial charge < -0.3 is 20.2 Å². The summed E-state index contributed by atoms with van der Waals surface area (Å²) in [5.41, 5.74) is -2.76. The quantitative estimate of drug-likeness (QED) is 0.410. The van der Waals surface area contributed by atoms with Crippen molar-refractivity contribution in [3.05, 3.63) is 73.3 Å². The Morgan fingerprint density at radius 2 is 1.81 bits per heavy atom. The number of sulfone groups is 1. The van der Waals surface area contributed by atoms with Gasteiger partial charge in [-0.2, -0.15) is 18.2 Å². The number of carbonyl (C=O) groups is 1. The maximum atomic E-state index is 14.7. The molecular weight excluding hydrogens is 552 g/mol. The van der Waals surface area contributed by atoms with E-state index in [1.54, 1.807) is 0 Å². The highest BCUT2D eigenvalue weighted by atomic mass is 35.5. The number of alkyl halides is 3. The highest BCUT2D eigenvalue weighted by molar-refractivity contribution is 7.91. The summed E-state index contributed by atoms with van der Waals surface area (Å²) in [5, 5.41) is -0.515. The zero-order chi connectivity index (χ0) is 27.9. The smallest absolute Gasteiger partial charge is 0.431 e. The zero-order valence-corrected chi connectivity index (χ0v) is 20.2. The lowest BCUT2D eigenvalue weighted by molar-refractivity contribution is -0.142. The Morgan fingerprint density at radius 1 is 1.22 bits per heavy atom. The molecule has 0 fully saturated rings. The second kappa shape index (κ2) is 9.85. The second-order valence-electron chi connectivity index (χ2n) is 7.38. The van der Waals surface area contributed by atoms with Crippen molar-refractivity contribution in [1.29, 1.82) is 0 Å². The number of H-pyrrole nitrogens is 1. The predicted molar refractivity (Wildman–Crippen MR) is 120 cm³/mol. The molecule has 11 nitrogen and oxygen atoms in total. The van der Waals surface area contributed by atoms with Crippen LogP contribution in [-0.2, 0) is 20.8 Å². The average Bonchev–Trinajstić information content (AvgIpc) is 2.76. The summed E-state index contributed by atoms with van der Waals surface area (Å²) < 4.78 is 88.3. The molecule has 1 atom stereocenters. The third kappa shape index (κ3) is 5.75. The maximum absolute atomic E-state index is 14.7. The number of hydrogen-bond donors (Lipinski definition) is 2. The maximum Gasteiger partial charge on any atom is 0.431 e. The molecule has 1 aromatic carbocycles. The molecular formula is C20H15ClF4N4O7S. The first-order valence-electron chi connectivity index (χ1n) is 9.73. The zero-order valence-electron chi connectivity index (χ0n) is 18.6. The van der Waals surface area contributed by atoms with Gasteiger partial charge in [0.2, 0.25) is 5.88 Å². The minimum absolute atomic E-state index is 0.0122. The molecule has 1 amide bonds. The van der Waals surface area contributed by atoms with Crippen LogP contribution in [0.1, 0.15) is 11.3 Å². The number of amides is 1. The van der Waals surface area contributed by atoms with Crippen molar-refractivity contribution >= 4 is 27.3 Å². The molecule has 1 unspecified atom stereocenters. The van der Waals surface area contributed by atoms with Crippen molar-refractivity contribution in [2.24, 2.45) is 5.73 Å². The number of aromatic nitrogens is 3. The molecule has 0 radical (unpaired) electrons. The number of aromatic amines is 1. The number of nitrogens with two attached hydrogens (primary N) is 1. The van der Waals surface area contributed by atoms with E-state index in [9.17, 15) is 40.4 Å². The van der Waals surface area contributed by atoms with Crippen LogP contribution in [0.5, 0.6) is 17.4 Å². The van der Waals surface area contributed by atoms with E-state index < -0.39 is 72.4 Å². The molecule has 3 rings (SSSR count). The largest absolute Gasteiger partial charge is 0.461 e. The van der Waals surface area contributed by atoms with Crippen molar-refractivity contribution in [2.45, 2.75) is 18.5 Å². The molecule has 0 aliphatic rings. The molecule has 37 heavy (non-hydrogen) atoms. The SMILES string of the molecule is Cc1c(C(F)(F)F)[nH]c(=O)n(-c2nc(Oc3ccccc3OC(C(N)=O)S(C)(=O)=O)c(Cl)cc2F)c1=O. The van der Waals surface area contributed by atoms with Crippen LogP contribution in [0.25, 0.3) is 5.82 Å². The summed E-state index contributed by atoms with van der Waals surface area (Å²) in [6, 6.07) is 5.72. The van der Waals surface area contributed by atoms with Crippen LogP contribution in [-0.4, -0.2) is 40.6 Å². The van der Waals surface area contributed by atoms with Crippen LogP contribution < -0.4 is 26.5 Å². The number of primary amides is 1. The second-order valence-corrected chi connectivity index (χ2v) is 9.87. The number of pyridine rings is 1. The first-order valence-corrected chi connectivity index (χ1v) is 12.1. The van der Waals surface area contributed by atoms with E-state index in [2.05, 4.69) is 4.98 Å². The van der Waals surface area contributed by atoms with Crippen LogP contribution in [0.2, 0.25) is 5.02 Å². The number of rotatable bonds is 7. The number of halogens is 5. The summed E-state index contributed by atoms with van der Waals surface area (Å²) >= 11 is 5.96. The van der Waals surface area contributed by atoms with Gasteiger partial charge in [0.15, 0.2) is 33.0 Å². The number of ether oxygens (including phenoxy) is 2. The van der Waals surface area contributed by atoms with Crippen molar-refractivity contribution in [3.63, 3.8) is 0 Å². The van der Waals surface area contributed by atoms with E-state index in [1.807, 2.05) is 0 Å². The van der Waals surface area contributed by atoms with Gasteiger partial charge >= 0.3 is 11.9 Å². The van der Waals surface area contributed by atoms with Crippen molar-refractivity contribution in [3.8, 4) is 23.2 Å². The van der Waals surface area contributed by atoms with E-state index in [-0.39, 0.29) is 16.1 Å². The summed E-state index contributed by atoms with van der Waals surface area (Å²) in [4.78, 5) is 41.5. The van der Waals surface area contributed by atoms with Crippen LogP contribution >= 0.6 is 11.6 Å². The fourth-order valence-electron chi connectivity index (χ4n) is 2.98. The van der Waals surface area contributed by atoms with Crippen LogP contribution in [0, 0.1) is 12.7 Å². The fourth-order valence-corrected chi connectivity index (χ4v) is 3.85. The molecule has 3 aromatic rings.